The Morgan fingerprint density at radius 1 is 1.42 bits per heavy atom. The van der Waals surface area contributed by atoms with Gasteiger partial charge in [-0.3, -0.25) is 0 Å². The number of rotatable bonds is 6. The minimum absolute atomic E-state index is 0.335. The normalized spacial score (nSPS) is 17.8. The third-order valence-electron chi connectivity index (χ3n) is 3.79. The second kappa shape index (κ2) is 7.25. The summed E-state index contributed by atoms with van der Waals surface area (Å²) in [5, 5.41) is 4.25. The van der Waals surface area contributed by atoms with Crippen LogP contribution in [-0.4, -0.2) is 21.8 Å². The Morgan fingerprint density at radius 2 is 2.16 bits per heavy atom. The average molecular weight is 279 g/mol. The maximum atomic E-state index is 4.67. The predicted molar refractivity (Wildman–Crippen MR) is 82.4 cm³/mol. The second-order valence-electron chi connectivity index (χ2n) is 5.32. The van der Waals surface area contributed by atoms with Crippen LogP contribution >= 0.6 is 11.8 Å². The molecule has 0 radical (unpaired) electrons. The molecule has 1 saturated carbocycles. The molecule has 106 valence electrons. The molecule has 0 aromatic carbocycles. The molecule has 1 aliphatic carbocycles. The van der Waals surface area contributed by atoms with Gasteiger partial charge < -0.3 is 5.32 Å². The van der Waals surface area contributed by atoms with E-state index in [2.05, 4.69) is 36.1 Å². The van der Waals surface area contributed by atoms with E-state index in [1.165, 1.54) is 31.2 Å². The third-order valence-corrected chi connectivity index (χ3v) is 5.16. The van der Waals surface area contributed by atoms with E-state index in [9.17, 15) is 0 Å². The first-order valence-corrected chi connectivity index (χ1v) is 8.43. The second-order valence-corrected chi connectivity index (χ2v) is 6.61. The average Bonchev–Trinajstić information content (AvgIpc) is 2.89. The van der Waals surface area contributed by atoms with Gasteiger partial charge in [-0.25, -0.2) is 9.97 Å². The van der Waals surface area contributed by atoms with Crippen molar-refractivity contribution in [3.63, 3.8) is 0 Å². The molecule has 0 saturated heterocycles. The Bertz CT molecular complexity index is 402. The van der Waals surface area contributed by atoms with Gasteiger partial charge in [0.2, 0.25) is 0 Å². The highest BCUT2D eigenvalue weighted by Gasteiger charge is 2.16. The van der Waals surface area contributed by atoms with E-state index in [1.807, 2.05) is 18.0 Å². The van der Waals surface area contributed by atoms with E-state index in [0.717, 1.165) is 29.1 Å². The molecule has 1 aliphatic rings. The molecule has 1 atom stereocenters. The number of nitrogens with one attached hydrogen (secondary N) is 1. The van der Waals surface area contributed by atoms with Crippen LogP contribution in [0.15, 0.2) is 6.20 Å². The van der Waals surface area contributed by atoms with Crippen molar-refractivity contribution in [1.82, 2.24) is 15.3 Å². The highest BCUT2D eigenvalue weighted by atomic mass is 32.2. The van der Waals surface area contributed by atoms with Crippen LogP contribution in [-0.2, 0) is 5.75 Å². The first kappa shape index (κ1) is 14.8. The van der Waals surface area contributed by atoms with Crippen molar-refractivity contribution in [2.75, 3.05) is 6.54 Å². The SMILES string of the molecule is CCNC(C)c1cnc(CSC2CCCC2)nc1C. The van der Waals surface area contributed by atoms with Crippen molar-refractivity contribution in [3.05, 3.63) is 23.3 Å². The minimum atomic E-state index is 0.335. The highest BCUT2D eigenvalue weighted by molar-refractivity contribution is 7.99. The van der Waals surface area contributed by atoms with Crippen molar-refractivity contribution >= 4 is 11.8 Å². The van der Waals surface area contributed by atoms with E-state index >= 15 is 0 Å². The van der Waals surface area contributed by atoms with Gasteiger partial charge in [0.15, 0.2) is 0 Å². The van der Waals surface area contributed by atoms with Crippen LogP contribution in [0.3, 0.4) is 0 Å². The van der Waals surface area contributed by atoms with Crippen molar-refractivity contribution in [2.45, 2.75) is 63.5 Å². The first-order chi connectivity index (χ1) is 9.20. The topological polar surface area (TPSA) is 37.8 Å². The molecule has 1 fully saturated rings. The third kappa shape index (κ3) is 4.18. The molecule has 0 aliphatic heterocycles. The number of hydrogen-bond donors (Lipinski definition) is 1. The minimum Gasteiger partial charge on any atom is -0.310 e. The molecular weight excluding hydrogens is 254 g/mol. The predicted octanol–water partition coefficient (Wildman–Crippen LogP) is 3.63. The van der Waals surface area contributed by atoms with E-state index in [-0.39, 0.29) is 0 Å². The lowest BCUT2D eigenvalue weighted by Gasteiger charge is -2.15. The summed E-state index contributed by atoms with van der Waals surface area (Å²) in [6.07, 6.45) is 7.55. The molecule has 2 rings (SSSR count). The van der Waals surface area contributed by atoms with Crippen LogP contribution in [0.5, 0.6) is 0 Å². The molecule has 0 amide bonds. The summed E-state index contributed by atoms with van der Waals surface area (Å²) in [5.41, 5.74) is 2.34. The zero-order valence-corrected chi connectivity index (χ0v) is 13.1. The van der Waals surface area contributed by atoms with E-state index in [1.54, 1.807) is 0 Å². The van der Waals surface area contributed by atoms with Crippen LogP contribution in [0.4, 0.5) is 0 Å². The molecule has 3 nitrogen and oxygen atoms in total. The van der Waals surface area contributed by atoms with Gasteiger partial charge in [-0.2, -0.15) is 11.8 Å². The number of aryl methyl sites for hydroxylation is 1. The van der Waals surface area contributed by atoms with Gasteiger partial charge in [-0.1, -0.05) is 19.8 Å². The quantitative estimate of drug-likeness (QED) is 0.863. The molecule has 0 bridgehead atoms. The number of thioether (sulfide) groups is 1. The van der Waals surface area contributed by atoms with Gasteiger partial charge in [-0.05, 0) is 33.2 Å². The van der Waals surface area contributed by atoms with E-state index in [0.29, 0.717) is 6.04 Å². The summed E-state index contributed by atoms with van der Waals surface area (Å²) < 4.78 is 0. The smallest absolute Gasteiger partial charge is 0.138 e. The molecule has 1 aromatic rings. The summed E-state index contributed by atoms with van der Waals surface area (Å²) in [7, 11) is 0. The molecule has 4 heteroatoms. The summed E-state index contributed by atoms with van der Waals surface area (Å²) >= 11 is 2.03. The van der Waals surface area contributed by atoms with Gasteiger partial charge in [0.1, 0.15) is 5.82 Å². The molecular formula is C15H25N3S. The number of aromatic nitrogens is 2. The molecule has 1 N–H and O–H groups in total. The van der Waals surface area contributed by atoms with E-state index < -0.39 is 0 Å². The van der Waals surface area contributed by atoms with Crippen LogP contribution in [0.25, 0.3) is 0 Å². The maximum Gasteiger partial charge on any atom is 0.138 e. The zero-order valence-electron chi connectivity index (χ0n) is 12.3. The van der Waals surface area contributed by atoms with Gasteiger partial charge in [0.25, 0.3) is 0 Å². The molecule has 1 heterocycles. The monoisotopic (exact) mass is 279 g/mol. The van der Waals surface area contributed by atoms with Crippen LogP contribution in [0.2, 0.25) is 0 Å². The Hall–Kier alpha value is -0.610. The molecule has 1 aromatic heterocycles. The molecule has 19 heavy (non-hydrogen) atoms. The Kier molecular flexibility index (Phi) is 5.64. The van der Waals surface area contributed by atoms with Crippen molar-refractivity contribution < 1.29 is 0 Å². The fraction of sp³-hybridized carbons (Fsp3) is 0.733. The fourth-order valence-corrected chi connectivity index (χ4v) is 3.87. The number of hydrogen-bond acceptors (Lipinski definition) is 4. The summed E-state index contributed by atoms with van der Waals surface area (Å²) in [5.74, 6) is 1.95. The largest absolute Gasteiger partial charge is 0.310 e. The van der Waals surface area contributed by atoms with Crippen molar-refractivity contribution in [1.29, 1.82) is 0 Å². The maximum absolute atomic E-state index is 4.67. The Balaban J connectivity index is 1.93. The van der Waals surface area contributed by atoms with Crippen LogP contribution in [0, 0.1) is 6.92 Å². The zero-order chi connectivity index (χ0) is 13.7. The lowest BCUT2D eigenvalue weighted by molar-refractivity contribution is 0.589. The highest BCUT2D eigenvalue weighted by Crippen LogP contribution is 2.31. The molecule has 1 unspecified atom stereocenters. The van der Waals surface area contributed by atoms with Gasteiger partial charge >= 0.3 is 0 Å². The van der Waals surface area contributed by atoms with Gasteiger partial charge in [0, 0.05) is 28.7 Å². The van der Waals surface area contributed by atoms with Gasteiger partial charge in [-0.15, -0.1) is 0 Å². The fourth-order valence-electron chi connectivity index (χ4n) is 2.68. The summed E-state index contributed by atoms with van der Waals surface area (Å²) in [6, 6.07) is 0.335. The first-order valence-electron chi connectivity index (χ1n) is 7.38. The van der Waals surface area contributed by atoms with Crippen molar-refractivity contribution in [3.8, 4) is 0 Å². The molecule has 0 spiro atoms. The number of nitrogens with zero attached hydrogens (tertiary/aromatic N) is 2. The lowest BCUT2D eigenvalue weighted by atomic mass is 10.1. The standard InChI is InChI=1S/C15H25N3S/c1-4-16-11(2)14-9-17-15(18-12(14)3)10-19-13-7-5-6-8-13/h9,11,13,16H,4-8,10H2,1-3H3. The van der Waals surface area contributed by atoms with Gasteiger partial charge in [0.05, 0.1) is 5.75 Å². The van der Waals surface area contributed by atoms with Crippen molar-refractivity contribution in [2.24, 2.45) is 0 Å². The van der Waals surface area contributed by atoms with Crippen LogP contribution in [0.1, 0.15) is 62.7 Å². The summed E-state index contributed by atoms with van der Waals surface area (Å²) in [6.45, 7) is 7.36. The van der Waals surface area contributed by atoms with Crippen LogP contribution < -0.4 is 5.32 Å². The lowest BCUT2D eigenvalue weighted by Crippen LogP contribution is -2.19. The Morgan fingerprint density at radius 3 is 2.79 bits per heavy atom. The Labute approximate surface area is 121 Å². The van der Waals surface area contributed by atoms with E-state index in [4.69, 9.17) is 0 Å². The summed E-state index contributed by atoms with van der Waals surface area (Å²) in [4.78, 5) is 9.20.